The van der Waals surface area contributed by atoms with Gasteiger partial charge in [0.05, 0.1) is 22.4 Å². The molecule has 0 unspecified atom stereocenters. The van der Waals surface area contributed by atoms with E-state index in [-0.39, 0.29) is 40.5 Å². The van der Waals surface area contributed by atoms with E-state index < -0.39 is 23.2 Å². The van der Waals surface area contributed by atoms with Crippen LogP contribution < -0.4 is 9.64 Å². The number of benzene rings is 3. The van der Waals surface area contributed by atoms with Gasteiger partial charge in [-0.2, -0.15) is 0 Å². The van der Waals surface area contributed by atoms with Gasteiger partial charge in [0.15, 0.2) is 12.4 Å². The first kappa shape index (κ1) is 24.2. The van der Waals surface area contributed by atoms with Gasteiger partial charge < -0.3 is 9.47 Å². The number of Topliss-reactive ketones (excluding diaryl/α,β-unsaturated/α-hetero) is 1. The smallest absolute Gasteiger partial charge is 0.338 e. The first-order chi connectivity index (χ1) is 16.6. The second-order valence-corrected chi connectivity index (χ2v) is 9.41. The van der Waals surface area contributed by atoms with Gasteiger partial charge in [-0.1, -0.05) is 38.4 Å². The van der Waals surface area contributed by atoms with Crippen molar-refractivity contribution in [3.05, 3.63) is 88.4 Å². The molecule has 0 fully saturated rings. The highest BCUT2D eigenvalue weighted by atomic mass is 35.5. The largest absolute Gasteiger partial charge is 0.457 e. The summed E-state index contributed by atoms with van der Waals surface area (Å²) in [7, 11) is 0. The average molecular weight is 492 g/mol. The lowest BCUT2D eigenvalue weighted by Gasteiger charge is -2.16. The van der Waals surface area contributed by atoms with E-state index in [0.29, 0.717) is 10.8 Å². The molecular weight excluding hydrogens is 470 g/mol. The number of amides is 2. The van der Waals surface area contributed by atoms with Crippen LogP contribution in [0.3, 0.4) is 0 Å². The molecule has 8 heteroatoms. The summed E-state index contributed by atoms with van der Waals surface area (Å²) in [5.74, 6) is -1.21. The standard InChI is InChI=1S/C27H22ClNO6/c1-27(2,3)22(30)15-34-26(33)16-7-11-18(12-8-16)29-24(31)20-5-4-6-21(23(20)25(29)32)35-19-13-9-17(28)10-14-19/h4-14H,15H2,1-3H3. The summed E-state index contributed by atoms with van der Waals surface area (Å²) in [6.45, 7) is 4.89. The first-order valence-electron chi connectivity index (χ1n) is 10.8. The lowest BCUT2D eigenvalue weighted by Crippen LogP contribution is -2.29. The molecule has 2 amide bonds. The Hall–Kier alpha value is -3.97. The maximum Gasteiger partial charge on any atom is 0.338 e. The molecule has 1 heterocycles. The van der Waals surface area contributed by atoms with Crippen LogP contribution >= 0.6 is 11.6 Å². The first-order valence-corrected chi connectivity index (χ1v) is 11.2. The molecule has 35 heavy (non-hydrogen) atoms. The zero-order valence-corrected chi connectivity index (χ0v) is 20.1. The average Bonchev–Trinajstić information content (AvgIpc) is 3.09. The third-order valence-corrected chi connectivity index (χ3v) is 5.70. The maximum absolute atomic E-state index is 13.2. The highest BCUT2D eigenvalue weighted by Crippen LogP contribution is 2.36. The lowest BCUT2D eigenvalue weighted by atomic mass is 9.91. The minimum Gasteiger partial charge on any atom is -0.457 e. The zero-order chi connectivity index (χ0) is 25.3. The van der Waals surface area contributed by atoms with Gasteiger partial charge in [-0.3, -0.25) is 14.4 Å². The summed E-state index contributed by atoms with van der Waals surface area (Å²) in [5, 5.41) is 0.543. The molecule has 0 saturated carbocycles. The minimum atomic E-state index is -0.671. The quantitative estimate of drug-likeness (QED) is 0.324. The Labute approximate surface area is 207 Å². The van der Waals surface area contributed by atoms with Gasteiger partial charge in [0.2, 0.25) is 0 Å². The number of rotatable bonds is 6. The van der Waals surface area contributed by atoms with Crippen molar-refractivity contribution in [1.29, 1.82) is 0 Å². The Balaban J connectivity index is 1.53. The van der Waals surface area contributed by atoms with Gasteiger partial charge in [-0.15, -0.1) is 0 Å². The topological polar surface area (TPSA) is 90.0 Å². The highest BCUT2D eigenvalue weighted by molar-refractivity contribution is 6.35. The molecule has 0 saturated heterocycles. The van der Waals surface area contributed by atoms with E-state index in [4.69, 9.17) is 21.1 Å². The van der Waals surface area contributed by atoms with Crippen LogP contribution in [0.25, 0.3) is 0 Å². The Morgan fingerprint density at radius 1 is 0.886 bits per heavy atom. The summed E-state index contributed by atoms with van der Waals surface area (Å²) in [6.07, 6.45) is 0. The fraction of sp³-hybridized carbons (Fsp3) is 0.185. The van der Waals surface area contributed by atoms with E-state index in [1.54, 1.807) is 63.2 Å². The summed E-state index contributed by atoms with van der Waals surface area (Å²) in [4.78, 5) is 51.6. The van der Waals surface area contributed by atoms with Crippen molar-refractivity contribution >= 4 is 40.9 Å². The molecule has 0 aliphatic carbocycles. The van der Waals surface area contributed by atoms with Gasteiger partial charge in [0, 0.05) is 10.4 Å². The predicted molar refractivity (Wildman–Crippen MR) is 130 cm³/mol. The third kappa shape index (κ3) is 4.95. The monoisotopic (exact) mass is 491 g/mol. The van der Waals surface area contributed by atoms with Crippen molar-refractivity contribution in [2.45, 2.75) is 20.8 Å². The van der Waals surface area contributed by atoms with Gasteiger partial charge >= 0.3 is 5.97 Å². The normalized spacial score (nSPS) is 13.0. The number of hydrogen-bond donors (Lipinski definition) is 0. The Morgan fingerprint density at radius 3 is 2.17 bits per heavy atom. The van der Waals surface area contributed by atoms with Crippen LogP contribution in [0.1, 0.15) is 51.8 Å². The van der Waals surface area contributed by atoms with Crippen molar-refractivity contribution in [3.63, 3.8) is 0 Å². The van der Waals surface area contributed by atoms with Crippen LogP contribution in [0.15, 0.2) is 66.7 Å². The minimum absolute atomic E-state index is 0.150. The Bertz CT molecular complexity index is 1320. The number of ketones is 1. The van der Waals surface area contributed by atoms with Crippen molar-refractivity contribution in [1.82, 2.24) is 0 Å². The molecule has 4 rings (SSSR count). The molecule has 1 aliphatic heterocycles. The molecule has 0 aromatic heterocycles. The second kappa shape index (κ2) is 9.35. The molecule has 0 N–H and O–H groups in total. The fourth-order valence-corrected chi connectivity index (χ4v) is 3.51. The molecule has 178 valence electrons. The molecular formula is C27H22ClNO6. The van der Waals surface area contributed by atoms with Crippen molar-refractivity contribution in [2.75, 3.05) is 11.5 Å². The Morgan fingerprint density at radius 2 is 1.54 bits per heavy atom. The number of esters is 1. The van der Waals surface area contributed by atoms with E-state index in [1.165, 1.54) is 24.3 Å². The zero-order valence-electron chi connectivity index (χ0n) is 19.3. The number of carbonyl (C=O) groups is 4. The molecule has 1 aliphatic rings. The summed E-state index contributed by atoms with van der Waals surface area (Å²) >= 11 is 5.91. The maximum atomic E-state index is 13.2. The summed E-state index contributed by atoms with van der Waals surface area (Å²) in [6, 6.07) is 17.3. The van der Waals surface area contributed by atoms with E-state index in [0.717, 1.165) is 4.90 Å². The van der Waals surface area contributed by atoms with Gasteiger partial charge in [0.25, 0.3) is 11.8 Å². The predicted octanol–water partition coefficient (Wildman–Crippen LogP) is 5.70. The number of hydrogen-bond acceptors (Lipinski definition) is 6. The van der Waals surface area contributed by atoms with E-state index in [9.17, 15) is 19.2 Å². The SMILES string of the molecule is CC(C)(C)C(=O)COC(=O)c1ccc(N2C(=O)c3cccc(Oc4ccc(Cl)cc4)c3C2=O)cc1. The van der Waals surface area contributed by atoms with Crippen molar-refractivity contribution in [3.8, 4) is 11.5 Å². The number of ether oxygens (including phenoxy) is 2. The third-order valence-electron chi connectivity index (χ3n) is 5.45. The van der Waals surface area contributed by atoms with Gasteiger partial charge in [-0.25, -0.2) is 9.69 Å². The van der Waals surface area contributed by atoms with Gasteiger partial charge in [-0.05, 0) is 60.7 Å². The fourth-order valence-electron chi connectivity index (χ4n) is 3.38. The summed E-state index contributed by atoms with van der Waals surface area (Å²) in [5.41, 5.74) is 0.225. The number of imide groups is 1. The molecule has 0 spiro atoms. The van der Waals surface area contributed by atoms with Crippen LogP contribution in [0, 0.1) is 5.41 Å². The molecule has 7 nitrogen and oxygen atoms in total. The number of carbonyl (C=O) groups excluding carboxylic acids is 4. The molecule has 0 radical (unpaired) electrons. The molecule has 3 aromatic carbocycles. The Kier molecular flexibility index (Phi) is 6.45. The number of fused-ring (bicyclic) bond motifs is 1. The highest BCUT2D eigenvalue weighted by Gasteiger charge is 2.39. The van der Waals surface area contributed by atoms with E-state index in [1.807, 2.05) is 0 Å². The molecule has 3 aromatic rings. The van der Waals surface area contributed by atoms with E-state index >= 15 is 0 Å². The number of nitrogens with zero attached hydrogens (tertiary/aromatic N) is 1. The van der Waals surface area contributed by atoms with Crippen LogP contribution in [0.5, 0.6) is 11.5 Å². The number of anilines is 1. The van der Waals surface area contributed by atoms with Crippen LogP contribution in [-0.4, -0.2) is 30.2 Å². The second-order valence-electron chi connectivity index (χ2n) is 8.98. The van der Waals surface area contributed by atoms with Crippen LogP contribution in [0.4, 0.5) is 5.69 Å². The number of halogens is 1. The molecule has 0 atom stereocenters. The lowest BCUT2D eigenvalue weighted by molar-refractivity contribution is -0.129. The van der Waals surface area contributed by atoms with E-state index in [2.05, 4.69) is 0 Å². The van der Waals surface area contributed by atoms with Crippen molar-refractivity contribution in [2.24, 2.45) is 5.41 Å². The summed E-state index contributed by atoms with van der Waals surface area (Å²) < 4.78 is 10.9. The van der Waals surface area contributed by atoms with Crippen molar-refractivity contribution < 1.29 is 28.7 Å². The molecule has 0 bridgehead atoms. The van der Waals surface area contributed by atoms with Crippen LogP contribution in [-0.2, 0) is 9.53 Å². The van der Waals surface area contributed by atoms with Gasteiger partial charge in [0.1, 0.15) is 11.5 Å². The van der Waals surface area contributed by atoms with Crippen LogP contribution in [0.2, 0.25) is 5.02 Å².